The molecule has 0 saturated heterocycles. The number of aliphatic hydroxyl groups is 1. The van der Waals surface area contributed by atoms with E-state index in [1.165, 1.54) is 0 Å². The van der Waals surface area contributed by atoms with E-state index in [0.717, 1.165) is 12.8 Å². The summed E-state index contributed by atoms with van der Waals surface area (Å²) < 4.78 is 14.8. The fourth-order valence-electron chi connectivity index (χ4n) is 0.825. The van der Waals surface area contributed by atoms with E-state index in [0.29, 0.717) is 13.2 Å². The van der Waals surface area contributed by atoms with Gasteiger partial charge in [-0.2, -0.15) is 0 Å². The molecule has 0 radical (unpaired) electrons. The predicted molar refractivity (Wildman–Crippen MR) is 54.6 cm³/mol. The van der Waals surface area contributed by atoms with Gasteiger partial charge in [-0.3, -0.25) is 0 Å². The van der Waals surface area contributed by atoms with E-state index in [1.54, 1.807) is 0 Å². The number of carbonyl (C=O) groups excluding carboxylic acids is 1. The minimum Gasteiger partial charge on any atom is -0.462 e. The van der Waals surface area contributed by atoms with Gasteiger partial charge in [0.25, 0.3) is 0 Å². The van der Waals surface area contributed by atoms with Crippen molar-refractivity contribution >= 4 is 5.97 Å². The molecule has 0 aliphatic heterocycles. The van der Waals surface area contributed by atoms with E-state index in [1.807, 2.05) is 0 Å². The molecule has 15 heavy (non-hydrogen) atoms. The summed E-state index contributed by atoms with van der Waals surface area (Å²) in [4.78, 5) is 11.0. The van der Waals surface area contributed by atoms with Crippen LogP contribution in [0.15, 0.2) is 0 Å². The van der Waals surface area contributed by atoms with Gasteiger partial charge in [0.05, 0.1) is 19.8 Å². The van der Waals surface area contributed by atoms with E-state index in [-0.39, 0.29) is 32.4 Å². The summed E-state index contributed by atoms with van der Waals surface area (Å²) in [5, 5.41) is 8.39. The first-order valence-corrected chi connectivity index (χ1v) is 5.23. The lowest BCUT2D eigenvalue weighted by Crippen LogP contribution is -2.16. The lowest BCUT2D eigenvalue weighted by atomic mass is 10.4. The first kappa shape index (κ1) is 14.3. The third-order valence-electron chi connectivity index (χ3n) is 1.59. The van der Waals surface area contributed by atoms with Gasteiger partial charge in [0.1, 0.15) is 13.2 Å². The molecule has 1 N–H and O–H groups in total. The number of ether oxygens (including phenoxy) is 3. The molecule has 0 aromatic rings. The molecule has 5 heteroatoms. The maximum atomic E-state index is 11.0. The Morgan fingerprint density at radius 2 is 1.93 bits per heavy atom. The van der Waals surface area contributed by atoms with Crippen molar-refractivity contribution in [2.75, 3.05) is 39.6 Å². The smallest absolute Gasteiger partial charge is 0.332 e. The molecule has 90 valence electrons. The first-order chi connectivity index (χ1) is 7.31. The summed E-state index contributed by atoms with van der Waals surface area (Å²) in [7, 11) is 0. The molecule has 0 aliphatic rings. The van der Waals surface area contributed by atoms with Gasteiger partial charge in [-0.1, -0.05) is 13.3 Å². The maximum absolute atomic E-state index is 11.0. The van der Waals surface area contributed by atoms with Gasteiger partial charge in [0.15, 0.2) is 0 Å². The zero-order valence-corrected chi connectivity index (χ0v) is 9.24. The van der Waals surface area contributed by atoms with Crippen LogP contribution < -0.4 is 0 Å². The molecule has 0 heterocycles. The normalized spacial score (nSPS) is 10.3. The Morgan fingerprint density at radius 3 is 2.60 bits per heavy atom. The highest BCUT2D eigenvalue weighted by atomic mass is 16.6. The van der Waals surface area contributed by atoms with Gasteiger partial charge < -0.3 is 19.3 Å². The quantitative estimate of drug-likeness (QED) is 0.425. The average Bonchev–Trinajstić information content (AvgIpc) is 2.24. The van der Waals surface area contributed by atoms with Crippen LogP contribution in [-0.2, 0) is 19.0 Å². The van der Waals surface area contributed by atoms with Crippen molar-refractivity contribution in [2.45, 2.75) is 19.8 Å². The van der Waals surface area contributed by atoms with Crippen molar-refractivity contribution in [1.82, 2.24) is 0 Å². The zero-order valence-electron chi connectivity index (χ0n) is 9.24. The molecule has 0 unspecified atom stereocenters. The number of esters is 1. The highest BCUT2D eigenvalue weighted by Crippen LogP contribution is 1.89. The molecule has 0 atom stereocenters. The lowest BCUT2D eigenvalue weighted by molar-refractivity contribution is -0.150. The van der Waals surface area contributed by atoms with Crippen molar-refractivity contribution in [3.05, 3.63) is 0 Å². The molecule has 0 saturated carbocycles. The molecule has 0 bridgehead atoms. The Labute approximate surface area is 90.3 Å². The Bertz CT molecular complexity index is 149. The van der Waals surface area contributed by atoms with Crippen LogP contribution in [0.3, 0.4) is 0 Å². The summed E-state index contributed by atoms with van der Waals surface area (Å²) in [5.41, 5.74) is 0. The number of aliphatic hydroxyl groups excluding tert-OH is 1. The van der Waals surface area contributed by atoms with Gasteiger partial charge in [-0.25, -0.2) is 4.79 Å². The summed E-state index contributed by atoms with van der Waals surface area (Å²) in [6, 6.07) is 0. The van der Waals surface area contributed by atoms with Crippen molar-refractivity contribution in [2.24, 2.45) is 0 Å². The second kappa shape index (κ2) is 11.4. The van der Waals surface area contributed by atoms with E-state index in [4.69, 9.17) is 19.3 Å². The highest BCUT2D eigenvalue weighted by Gasteiger charge is 2.01. The molecular weight excluding hydrogens is 200 g/mol. The molecule has 0 rings (SSSR count). The molecule has 0 aliphatic carbocycles. The van der Waals surface area contributed by atoms with Crippen LogP contribution >= 0.6 is 0 Å². The third kappa shape index (κ3) is 11.3. The number of unbranched alkanes of at least 4 members (excludes halogenated alkanes) is 1. The molecule has 5 nitrogen and oxygen atoms in total. The molecule has 0 fully saturated rings. The Hall–Kier alpha value is -0.650. The lowest BCUT2D eigenvalue weighted by Gasteiger charge is -2.05. The topological polar surface area (TPSA) is 65.0 Å². The van der Waals surface area contributed by atoms with Crippen molar-refractivity contribution in [3.8, 4) is 0 Å². The average molecular weight is 220 g/mol. The first-order valence-electron chi connectivity index (χ1n) is 5.23. The van der Waals surface area contributed by atoms with Gasteiger partial charge in [-0.15, -0.1) is 0 Å². The van der Waals surface area contributed by atoms with Crippen LogP contribution in [0.25, 0.3) is 0 Å². The van der Waals surface area contributed by atoms with Crippen molar-refractivity contribution < 1.29 is 24.1 Å². The second-order valence-electron chi connectivity index (χ2n) is 2.96. The van der Waals surface area contributed by atoms with Crippen LogP contribution in [0.5, 0.6) is 0 Å². The maximum Gasteiger partial charge on any atom is 0.332 e. The van der Waals surface area contributed by atoms with E-state index >= 15 is 0 Å². The fraction of sp³-hybridized carbons (Fsp3) is 0.900. The van der Waals surface area contributed by atoms with Gasteiger partial charge in [-0.05, 0) is 6.42 Å². The van der Waals surface area contributed by atoms with Gasteiger partial charge in [0.2, 0.25) is 0 Å². The van der Waals surface area contributed by atoms with Crippen LogP contribution in [0.1, 0.15) is 19.8 Å². The summed E-state index contributed by atoms with van der Waals surface area (Å²) in [5.74, 6) is -0.376. The Balaban J connectivity index is 3.11. The number of hydrogen-bond donors (Lipinski definition) is 1. The molecule has 0 amide bonds. The highest BCUT2D eigenvalue weighted by molar-refractivity contribution is 5.70. The van der Waals surface area contributed by atoms with Crippen molar-refractivity contribution in [1.29, 1.82) is 0 Å². The molecule has 0 spiro atoms. The molecule has 0 aromatic carbocycles. The predicted octanol–water partition coefficient (Wildman–Crippen LogP) is 0.355. The molecular formula is C10H20O5. The standard InChI is InChI=1S/C10H20O5/c1-2-3-5-14-9-10(12)15-8-7-13-6-4-11/h11H,2-9H2,1H3. The SMILES string of the molecule is CCCCOCC(=O)OCCOCCO. The second-order valence-corrected chi connectivity index (χ2v) is 2.96. The fourth-order valence-corrected chi connectivity index (χ4v) is 0.825. The molecule has 0 aromatic heterocycles. The largest absolute Gasteiger partial charge is 0.462 e. The van der Waals surface area contributed by atoms with E-state index < -0.39 is 0 Å². The van der Waals surface area contributed by atoms with E-state index in [2.05, 4.69) is 6.92 Å². The minimum absolute atomic E-state index is 0. The number of carbonyl (C=O) groups is 1. The summed E-state index contributed by atoms with van der Waals surface area (Å²) in [6.07, 6.45) is 2.00. The van der Waals surface area contributed by atoms with Gasteiger partial charge in [0, 0.05) is 6.61 Å². The zero-order chi connectivity index (χ0) is 11.4. The third-order valence-corrected chi connectivity index (χ3v) is 1.59. The van der Waals surface area contributed by atoms with Gasteiger partial charge >= 0.3 is 5.97 Å². The van der Waals surface area contributed by atoms with Crippen molar-refractivity contribution in [3.63, 3.8) is 0 Å². The van der Waals surface area contributed by atoms with Crippen LogP contribution in [-0.4, -0.2) is 50.7 Å². The van der Waals surface area contributed by atoms with Crippen LogP contribution in [0, 0.1) is 0 Å². The Kier molecular flexibility index (Phi) is 10.9. The van der Waals surface area contributed by atoms with E-state index in [9.17, 15) is 4.79 Å². The number of rotatable bonds is 10. The monoisotopic (exact) mass is 220 g/mol. The summed E-state index contributed by atoms with van der Waals surface area (Å²) >= 11 is 0. The summed E-state index contributed by atoms with van der Waals surface area (Å²) in [6.45, 7) is 3.41. The number of hydrogen-bond acceptors (Lipinski definition) is 5. The van der Waals surface area contributed by atoms with Crippen LogP contribution in [0.4, 0.5) is 0 Å². The van der Waals surface area contributed by atoms with Crippen LogP contribution in [0.2, 0.25) is 0 Å². The Morgan fingerprint density at radius 1 is 1.13 bits per heavy atom. The minimum atomic E-state index is -0.376.